The van der Waals surface area contributed by atoms with Crippen molar-refractivity contribution in [1.29, 1.82) is 0 Å². The number of hydrogen-bond acceptors (Lipinski definition) is 5. The Bertz CT molecular complexity index is 1130. The van der Waals surface area contributed by atoms with E-state index in [0.29, 0.717) is 40.0 Å². The number of H-pyrrole nitrogens is 1. The summed E-state index contributed by atoms with van der Waals surface area (Å²) in [7, 11) is 2.88. The number of carbonyl (C=O) groups excluding carboxylic acids is 1. The summed E-state index contributed by atoms with van der Waals surface area (Å²) in [4.78, 5) is 29.6. The van der Waals surface area contributed by atoms with Gasteiger partial charge in [0.15, 0.2) is 0 Å². The van der Waals surface area contributed by atoms with Gasteiger partial charge in [-0.05, 0) is 42.8 Å². The zero-order valence-corrected chi connectivity index (χ0v) is 17.7. The molecule has 1 heterocycles. The van der Waals surface area contributed by atoms with Crippen molar-refractivity contribution in [2.45, 2.75) is 19.9 Å². The van der Waals surface area contributed by atoms with Crippen molar-refractivity contribution in [2.24, 2.45) is 4.99 Å². The van der Waals surface area contributed by atoms with E-state index < -0.39 is 5.97 Å². The van der Waals surface area contributed by atoms with E-state index in [9.17, 15) is 9.59 Å². The maximum atomic E-state index is 13.2. The first-order valence-electron chi connectivity index (χ1n) is 9.24. The van der Waals surface area contributed by atoms with Gasteiger partial charge >= 0.3 is 5.97 Å². The molecule has 0 spiro atoms. The van der Waals surface area contributed by atoms with Gasteiger partial charge in [0.25, 0.3) is 5.56 Å². The molecule has 0 aliphatic heterocycles. The summed E-state index contributed by atoms with van der Waals surface area (Å²) in [5.41, 5.74) is 2.42. The van der Waals surface area contributed by atoms with Crippen LogP contribution in [-0.2, 0) is 22.5 Å². The van der Waals surface area contributed by atoms with Crippen LogP contribution in [0.15, 0.2) is 58.3 Å². The standard InChI is InChI=1S/C22H22ClN3O4/c1-14(24-13-15-6-4-5-7-18(15)23)21-19(12-20(27)30-3)25-26(22(21)28)16-8-10-17(29-2)11-9-16/h4-11,25H,12-13H2,1-3H3. The number of nitrogens with one attached hydrogen (secondary N) is 1. The zero-order valence-electron chi connectivity index (χ0n) is 16.9. The number of nitrogens with zero attached hydrogens (tertiary/aromatic N) is 2. The number of ether oxygens (including phenoxy) is 2. The van der Waals surface area contributed by atoms with E-state index in [4.69, 9.17) is 21.1 Å². The fraction of sp³-hybridized carbons (Fsp3) is 0.227. The van der Waals surface area contributed by atoms with Gasteiger partial charge in [-0.2, -0.15) is 0 Å². The monoisotopic (exact) mass is 427 g/mol. The van der Waals surface area contributed by atoms with E-state index in [0.717, 1.165) is 5.56 Å². The molecule has 7 nitrogen and oxygen atoms in total. The lowest BCUT2D eigenvalue weighted by atomic mass is 10.1. The van der Waals surface area contributed by atoms with Gasteiger partial charge in [-0.15, -0.1) is 0 Å². The minimum Gasteiger partial charge on any atom is -0.497 e. The number of carbonyl (C=O) groups is 1. The van der Waals surface area contributed by atoms with Gasteiger partial charge in [-0.3, -0.25) is 19.7 Å². The normalized spacial score (nSPS) is 11.4. The second-order valence-corrected chi connectivity index (χ2v) is 6.96. The predicted octanol–water partition coefficient (Wildman–Crippen LogP) is 3.55. The van der Waals surface area contributed by atoms with E-state index in [1.165, 1.54) is 11.8 Å². The molecule has 0 saturated carbocycles. The number of aromatic nitrogens is 2. The molecular formula is C22H22ClN3O4. The summed E-state index contributed by atoms with van der Waals surface area (Å²) in [6, 6.07) is 14.4. The molecule has 0 radical (unpaired) electrons. The first-order valence-corrected chi connectivity index (χ1v) is 9.62. The van der Waals surface area contributed by atoms with Crippen molar-refractivity contribution >= 4 is 23.3 Å². The van der Waals surface area contributed by atoms with E-state index >= 15 is 0 Å². The third-order valence-corrected chi connectivity index (χ3v) is 5.02. The van der Waals surface area contributed by atoms with Gasteiger partial charge in [-0.1, -0.05) is 29.8 Å². The molecule has 3 rings (SSSR count). The van der Waals surface area contributed by atoms with Crippen LogP contribution in [-0.4, -0.2) is 35.7 Å². The topological polar surface area (TPSA) is 85.7 Å². The van der Waals surface area contributed by atoms with E-state index in [-0.39, 0.29) is 12.0 Å². The highest BCUT2D eigenvalue weighted by Gasteiger charge is 2.20. The fourth-order valence-corrected chi connectivity index (χ4v) is 3.22. The molecule has 0 amide bonds. The summed E-state index contributed by atoms with van der Waals surface area (Å²) >= 11 is 6.20. The maximum Gasteiger partial charge on any atom is 0.311 e. The lowest BCUT2D eigenvalue weighted by Gasteiger charge is -2.04. The molecule has 0 aliphatic carbocycles. The van der Waals surface area contributed by atoms with Crippen molar-refractivity contribution in [1.82, 2.24) is 9.78 Å². The Balaban J connectivity index is 2.03. The lowest BCUT2D eigenvalue weighted by Crippen LogP contribution is -2.20. The minimum absolute atomic E-state index is 0.0802. The predicted molar refractivity (Wildman–Crippen MR) is 116 cm³/mol. The highest BCUT2D eigenvalue weighted by Crippen LogP contribution is 2.18. The largest absolute Gasteiger partial charge is 0.497 e. The summed E-state index contributed by atoms with van der Waals surface area (Å²) in [5, 5.41) is 3.62. The molecule has 8 heteroatoms. The number of aliphatic imine (C=N–C) groups is 1. The molecule has 0 fully saturated rings. The number of esters is 1. The van der Waals surface area contributed by atoms with Gasteiger partial charge in [0, 0.05) is 10.7 Å². The minimum atomic E-state index is -0.460. The Hall–Kier alpha value is -3.32. The van der Waals surface area contributed by atoms with Crippen molar-refractivity contribution in [3.8, 4) is 11.4 Å². The van der Waals surface area contributed by atoms with Crippen LogP contribution in [0.2, 0.25) is 5.02 Å². The Kier molecular flexibility index (Phi) is 6.74. The van der Waals surface area contributed by atoms with Crippen LogP contribution in [0.5, 0.6) is 5.75 Å². The van der Waals surface area contributed by atoms with Crippen LogP contribution >= 0.6 is 11.6 Å². The van der Waals surface area contributed by atoms with Crippen LogP contribution in [0.3, 0.4) is 0 Å². The average Bonchev–Trinajstić information content (AvgIpc) is 3.08. The highest BCUT2D eigenvalue weighted by molar-refractivity contribution is 6.31. The molecule has 156 valence electrons. The lowest BCUT2D eigenvalue weighted by molar-refractivity contribution is -0.139. The zero-order chi connectivity index (χ0) is 21.7. The number of aromatic amines is 1. The molecule has 0 aliphatic rings. The average molecular weight is 428 g/mol. The van der Waals surface area contributed by atoms with E-state index in [2.05, 4.69) is 10.1 Å². The van der Waals surface area contributed by atoms with Gasteiger partial charge in [-0.25, -0.2) is 4.68 Å². The van der Waals surface area contributed by atoms with Crippen LogP contribution < -0.4 is 10.3 Å². The third kappa shape index (κ3) is 4.63. The summed E-state index contributed by atoms with van der Waals surface area (Å²) in [6.07, 6.45) is -0.0802. The molecule has 0 unspecified atom stereocenters. The number of methoxy groups -OCH3 is 2. The van der Waals surface area contributed by atoms with Crippen molar-refractivity contribution < 1.29 is 14.3 Å². The number of hydrogen-bond donors (Lipinski definition) is 1. The highest BCUT2D eigenvalue weighted by atomic mass is 35.5. The fourth-order valence-electron chi connectivity index (χ4n) is 3.02. The van der Waals surface area contributed by atoms with Crippen molar-refractivity contribution in [2.75, 3.05) is 14.2 Å². The van der Waals surface area contributed by atoms with Gasteiger partial charge in [0.2, 0.25) is 0 Å². The van der Waals surface area contributed by atoms with Gasteiger partial charge in [0.05, 0.1) is 44.1 Å². The second kappa shape index (κ2) is 9.45. The van der Waals surface area contributed by atoms with E-state index in [1.54, 1.807) is 44.4 Å². The van der Waals surface area contributed by atoms with Gasteiger partial charge < -0.3 is 9.47 Å². The SMILES string of the molecule is COC(=O)Cc1[nH]n(-c2ccc(OC)cc2)c(=O)c1C(C)=NCc1ccccc1Cl. The first-order chi connectivity index (χ1) is 14.4. The molecule has 3 aromatic rings. The van der Waals surface area contributed by atoms with Crippen LogP contribution in [0.1, 0.15) is 23.7 Å². The summed E-state index contributed by atoms with van der Waals surface area (Å²) in [5.74, 6) is 0.212. The molecule has 1 aromatic heterocycles. The first kappa shape index (κ1) is 21.4. The Morgan fingerprint density at radius 3 is 2.47 bits per heavy atom. The van der Waals surface area contributed by atoms with Crippen LogP contribution in [0.4, 0.5) is 0 Å². The molecule has 2 aromatic carbocycles. The molecule has 0 saturated heterocycles. The quantitative estimate of drug-likeness (QED) is 0.461. The van der Waals surface area contributed by atoms with Crippen LogP contribution in [0.25, 0.3) is 5.69 Å². The number of benzene rings is 2. The smallest absolute Gasteiger partial charge is 0.311 e. The number of halogens is 1. The molecular weight excluding hydrogens is 406 g/mol. The number of rotatable bonds is 7. The third-order valence-electron chi connectivity index (χ3n) is 4.65. The molecule has 0 atom stereocenters. The Labute approximate surface area is 178 Å². The second-order valence-electron chi connectivity index (χ2n) is 6.55. The Morgan fingerprint density at radius 1 is 1.13 bits per heavy atom. The summed E-state index contributed by atoms with van der Waals surface area (Å²) < 4.78 is 11.3. The van der Waals surface area contributed by atoms with Gasteiger partial charge in [0.1, 0.15) is 5.75 Å². The van der Waals surface area contributed by atoms with Crippen LogP contribution in [0, 0.1) is 0 Å². The Morgan fingerprint density at radius 2 is 1.83 bits per heavy atom. The van der Waals surface area contributed by atoms with Crippen molar-refractivity contribution in [3.63, 3.8) is 0 Å². The van der Waals surface area contributed by atoms with E-state index in [1.807, 2.05) is 18.2 Å². The molecule has 30 heavy (non-hydrogen) atoms. The van der Waals surface area contributed by atoms with Crippen molar-refractivity contribution in [3.05, 3.63) is 80.7 Å². The molecule has 1 N–H and O–H groups in total. The maximum absolute atomic E-state index is 13.2. The summed E-state index contributed by atoms with van der Waals surface area (Å²) in [6.45, 7) is 2.05. The molecule has 0 bridgehead atoms.